The van der Waals surface area contributed by atoms with Gasteiger partial charge >= 0.3 is 0 Å². The van der Waals surface area contributed by atoms with Crippen molar-refractivity contribution in [1.82, 2.24) is 29.1 Å². The van der Waals surface area contributed by atoms with E-state index in [4.69, 9.17) is 14.5 Å². The maximum atomic E-state index is 5.56. The van der Waals surface area contributed by atoms with E-state index >= 15 is 0 Å². The van der Waals surface area contributed by atoms with Gasteiger partial charge in [0.05, 0.1) is 23.3 Å². The van der Waals surface area contributed by atoms with Crippen LogP contribution in [0.4, 0.5) is 5.95 Å². The number of aryl methyl sites for hydroxylation is 1. The third-order valence-corrected chi connectivity index (χ3v) is 6.77. The van der Waals surface area contributed by atoms with Crippen LogP contribution in [-0.2, 0) is 9.47 Å². The van der Waals surface area contributed by atoms with E-state index in [0.29, 0.717) is 24.1 Å². The highest BCUT2D eigenvalue weighted by Gasteiger charge is 2.29. The first-order valence-electron chi connectivity index (χ1n) is 11.3. The van der Waals surface area contributed by atoms with Gasteiger partial charge in [0.2, 0.25) is 5.95 Å². The van der Waals surface area contributed by atoms with Crippen molar-refractivity contribution in [1.29, 1.82) is 0 Å². The largest absolute Gasteiger partial charge is 0.381 e. The van der Waals surface area contributed by atoms with Crippen LogP contribution in [0.1, 0.15) is 37.5 Å². The first-order chi connectivity index (χ1) is 15.7. The predicted molar refractivity (Wildman–Crippen MR) is 121 cm³/mol. The molecule has 32 heavy (non-hydrogen) atoms. The lowest BCUT2D eigenvalue weighted by atomic mass is 9.89. The predicted octanol–water partition coefficient (Wildman–Crippen LogP) is 3.39. The number of imidazole rings is 1. The van der Waals surface area contributed by atoms with Gasteiger partial charge in [-0.3, -0.25) is 0 Å². The molecule has 0 spiro atoms. The molecule has 0 radical (unpaired) electrons. The van der Waals surface area contributed by atoms with Crippen LogP contribution in [0.15, 0.2) is 30.7 Å². The molecule has 0 amide bonds. The molecule has 0 atom stereocenters. The van der Waals surface area contributed by atoms with Gasteiger partial charge in [-0.2, -0.15) is 0 Å². The molecule has 5 heterocycles. The minimum absolute atomic E-state index is 0.343. The summed E-state index contributed by atoms with van der Waals surface area (Å²) in [5.41, 5.74) is 4.92. The highest BCUT2D eigenvalue weighted by atomic mass is 16.5. The van der Waals surface area contributed by atoms with Crippen molar-refractivity contribution in [3.63, 3.8) is 0 Å². The van der Waals surface area contributed by atoms with Crippen LogP contribution >= 0.6 is 0 Å². The van der Waals surface area contributed by atoms with Gasteiger partial charge in [-0.15, -0.1) is 5.10 Å². The molecule has 2 fully saturated rings. The standard InChI is InChI=1S/C23H27N7O2/c1-14-26-22-20(30(14)17-4-7-32-8-5-17)9-15(12-24-22)19-3-6-29-21(19)13-25-23(28-29)27-16-10-18(11-16)31-2/h3,6,9,12-13,16-18H,4-5,7-8,10-11H2,1-2H3,(H,27,28)/t16-,18+. The van der Waals surface area contributed by atoms with E-state index in [2.05, 4.69) is 44.0 Å². The molecule has 1 N–H and O–H groups in total. The van der Waals surface area contributed by atoms with E-state index in [1.165, 1.54) is 0 Å². The zero-order valence-corrected chi connectivity index (χ0v) is 18.4. The molecule has 1 saturated heterocycles. The lowest BCUT2D eigenvalue weighted by molar-refractivity contribution is 0.0326. The normalized spacial score (nSPS) is 21.8. The summed E-state index contributed by atoms with van der Waals surface area (Å²) >= 11 is 0. The lowest BCUT2D eigenvalue weighted by Gasteiger charge is -2.34. The number of ether oxygens (including phenoxy) is 2. The van der Waals surface area contributed by atoms with E-state index in [9.17, 15) is 0 Å². The van der Waals surface area contributed by atoms with Crippen LogP contribution < -0.4 is 5.32 Å². The molecule has 6 rings (SSSR count). The van der Waals surface area contributed by atoms with Crippen LogP contribution in [0, 0.1) is 6.92 Å². The zero-order valence-electron chi connectivity index (χ0n) is 18.4. The molecular weight excluding hydrogens is 406 g/mol. The molecule has 166 valence electrons. The van der Waals surface area contributed by atoms with E-state index in [0.717, 1.165) is 72.5 Å². The molecule has 2 aliphatic rings. The Kier molecular flexibility index (Phi) is 4.80. The molecular formula is C23H27N7O2. The molecule has 0 bridgehead atoms. The van der Waals surface area contributed by atoms with Crippen molar-refractivity contribution in [3.8, 4) is 11.1 Å². The van der Waals surface area contributed by atoms with Crippen LogP contribution in [0.3, 0.4) is 0 Å². The topological polar surface area (TPSA) is 91.4 Å². The smallest absolute Gasteiger partial charge is 0.241 e. The van der Waals surface area contributed by atoms with Gasteiger partial charge in [-0.05, 0) is 44.7 Å². The quantitative estimate of drug-likeness (QED) is 0.516. The highest BCUT2D eigenvalue weighted by molar-refractivity contribution is 5.85. The number of pyridine rings is 1. The molecule has 0 unspecified atom stereocenters. The number of aromatic nitrogens is 6. The summed E-state index contributed by atoms with van der Waals surface area (Å²) in [5.74, 6) is 1.64. The zero-order chi connectivity index (χ0) is 21.7. The summed E-state index contributed by atoms with van der Waals surface area (Å²) in [5, 5.41) is 8.05. The van der Waals surface area contributed by atoms with Crippen molar-refractivity contribution in [2.45, 2.75) is 50.8 Å². The van der Waals surface area contributed by atoms with Crippen molar-refractivity contribution in [2.75, 3.05) is 25.6 Å². The van der Waals surface area contributed by atoms with Crippen molar-refractivity contribution >= 4 is 22.6 Å². The van der Waals surface area contributed by atoms with E-state index in [1.807, 2.05) is 23.1 Å². The minimum atomic E-state index is 0.343. The minimum Gasteiger partial charge on any atom is -0.381 e. The highest BCUT2D eigenvalue weighted by Crippen LogP contribution is 2.32. The molecule has 4 aromatic heterocycles. The molecule has 1 aliphatic carbocycles. The number of nitrogens with zero attached hydrogens (tertiary/aromatic N) is 6. The average molecular weight is 434 g/mol. The van der Waals surface area contributed by atoms with Crippen LogP contribution in [0.5, 0.6) is 0 Å². The van der Waals surface area contributed by atoms with Gasteiger partial charge in [-0.1, -0.05) is 0 Å². The van der Waals surface area contributed by atoms with E-state index in [1.54, 1.807) is 7.11 Å². The summed E-state index contributed by atoms with van der Waals surface area (Å²) in [6.45, 7) is 3.65. The SMILES string of the molecule is CO[C@H]1C[C@@H](Nc2ncc3c(-c4cnc5nc(C)n(C6CCOCC6)c5c4)ccn3n2)C1. The van der Waals surface area contributed by atoms with Gasteiger partial charge in [0.1, 0.15) is 5.82 Å². The van der Waals surface area contributed by atoms with Crippen molar-refractivity contribution < 1.29 is 9.47 Å². The Labute approximate surface area is 185 Å². The van der Waals surface area contributed by atoms with Crippen LogP contribution in [0.25, 0.3) is 27.8 Å². The maximum Gasteiger partial charge on any atom is 0.241 e. The Balaban J connectivity index is 1.32. The third kappa shape index (κ3) is 3.32. The fourth-order valence-corrected chi connectivity index (χ4v) is 4.91. The molecule has 1 aliphatic heterocycles. The second-order valence-corrected chi connectivity index (χ2v) is 8.75. The summed E-state index contributed by atoms with van der Waals surface area (Å²) in [6, 6.07) is 5.03. The number of hydrogen-bond donors (Lipinski definition) is 1. The van der Waals surface area contributed by atoms with Crippen molar-refractivity contribution in [3.05, 3.63) is 36.5 Å². The Morgan fingerprint density at radius 3 is 2.78 bits per heavy atom. The molecule has 4 aromatic rings. The van der Waals surface area contributed by atoms with Crippen LogP contribution in [0.2, 0.25) is 0 Å². The molecule has 9 heteroatoms. The summed E-state index contributed by atoms with van der Waals surface area (Å²) in [4.78, 5) is 13.9. The summed E-state index contributed by atoms with van der Waals surface area (Å²) in [6.07, 6.45) is 10.1. The van der Waals surface area contributed by atoms with Crippen molar-refractivity contribution in [2.24, 2.45) is 0 Å². The molecule has 9 nitrogen and oxygen atoms in total. The monoisotopic (exact) mass is 433 g/mol. The van der Waals surface area contributed by atoms with Crippen LogP contribution in [-0.4, -0.2) is 61.6 Å². The Morgan fingerprint density at radius 1 is 1.12 bits per heavy atom. The average Bonchev–Trinajstić information content (AvgIpc) is 3.35. The number of hydrogen-bond acceptors (Lipinski definition) is 7. The molecule has 0 aromatic carbocycles. The Bertz CT molecular complexity index is 1270. The molecule has 1 saturated carbocycles. The number of fused-ring (bicyclic) bond motifs is 2. The first-order valence-corrected chi connectivity index (χ1v) is 11.3. The Morgan fingerprint density at radius 2 is 1.97 bits per heavy atom. The number of anilines is 1. The summed E-state index contributed by atoms with van der Waals surface area (Å²) in [7, 11) is 1.76. The van der Waals surface area contributed by atoms with E-state index < -0.39 is 0 Å². The van der Waals surface area contributed by atoms with E-state index in [-0.39, 0.29) is 0 Å². The van der Waals surface area contributed by atoms with Gasteiger partial charge in [0.15, 0.2) is 5.65 Å². The van der Waals surface area contributed by atoms with Gasteiger partial charge in [0.25, 0.3) is 0 Å². The number of rotatable bonds is 5. The summed E-state index contributed by atoms with van der Waals surface area (Å²) < 4.78 is 15.1. The van der Waals surface area contributed by atoms with Gasteiger partial charge in [-0.25, -0.2) is 19.5 Å². The third-order valence-electron chi connectivity index (χ3n) is 6.77. The van der Waals surface area contributed by atoms with Gasteiger partial charge in [0, 0.05) is 55.9 Å². The maximum absolute atomic E-state index is 5.56. The number of nitrogens with one attached hydrogen (secondary N) is 1. The fourth-order valence-electron chi connectivity index (χ4n) is 4.91. The first kappa shape index (κ1) is 19.6. The van der Waals surface area contributed by atoms with Gasteiger partial charge < -0.3 is 19.4 Å². The Hall–Kier alpha value is -3.04. The second-order valence-electron chi connectivity index (χ2n) is 8.75. The number of methoxy groups -OCH3 is 1. The fraction of sp³-hybridized carbons (Fsp3) is 0.478. The lowest BCUT2D eigenvalue weighted by Crippen LogP contribution is -2.40. The second kappa shape index (κ2) is 7.83.